The fraction of sp³-hybridized carbons (Fsp3) is 0.294. The smallest absolute Gasteiger partial charge is 0.417 e. The van der Waals surface area contributed by atoms with Gasteiger partial charge in [-0.2, -0.15) is 13.2 Å². The molecule has 0 aliphatic heterocycles. The molecule has 0 bridgehead atoms. The Morgan fingerprint density at radius 3 is 2.32 bits per heavy atom. The molecule has 1 aromatic heterocycles. The summed E-state index contributed by atoms with van der Waals surface area (Å²) in [4.78, 5) is 16.3. The quantitative estimate of drug-likeness (QED) is 0.887. The first-order chi connectivity index (χ1) is 11.6. The zero-order chi connectivity index (χ0) is 18.8. The van der Waals surface area contributed by atoms with Gasteiger partial charge in [0.05, 0.1) is 5.56 Å². The number of halogens is 3. The van der Waals surface area contributed by atoms with E-state index in [0.717, 1.165) is 12.3 Å². The van der Waals surface area contributed by atoms with E-state index in [1.165, 1.54) is 19.1 Å². The van der Waals surface area contributed by atoms with Crippen LogP contribution in [0.5, 0.6) is 5.75 Å². The Kier molecular flexibility index (Phi) is 5.20. The van der Waals surface area contributed by atoms with Crippen molar-refractivity contribution in [3.05, 3.63) is 42.1 Å². The van der Waals surface area contributed by atoms with Crippen molar-refractivity contribution in [3.63, 3.8) is 0 Å². The van der Waals surface area contributed by atoms with Crippen molar-refractivity contribution < 1.29 is 27.8 Å². The summed E-state index contributed by atoms with van der Waals surface area (Å²) in [5, 5.41) is 8.83. The Labute approximate surface area is 142 Å². The second-order valence-electron chi connectivity index (χ2n) is 5.61. The van der Waals surface area contributed by atoms with Gasteiger partial charge >= 0.3 is 12.1 Å². The minimum atomic E-state index is -4.49. The van der Waals surface area contributed by atoms with Crippen LogP contribution in [0.1, 0.15) is 12.5 Å². The molecule has 1 aromatic carbocycles. The Hall–Kier alpha value is -2.77. The van der Waals surface area contributed by atoms with Gasteiger partial charge in [-0.05, 0) is 30.7 Å². The third kappa shape index (κ3) is 4.40. The van der Waals surface area contributed by atoms with Crippen molar-refractivity contribution in [1.82, 2.24) is 4.98 Å². The van der Waals surface area contributed by atoms with E-state index in [-0.39, 0.29) is 0 Å². The Morgan fingerprint density at radius 2 is 1.84 bits per heavy atom. The molecule has 1 N–H and O–H groups in total. The Morgan fingerprint density at radius 1 is 1.24 bits per heavy atom. The van der Waals surface area contributed by atoms with Gasteiger partial charge in [0.15, 0.2) is 6.10 Å². The normalized spacial score (nSPS) is 12.6. The number of benzene rings is 1. The minimum absolute atomic E-state index is 0.310. The molecule has 0 saturated heterocycles. The van der Waals surface area contributed by atoms with Gasteiger partial charge in [-0.1, -0.05) is 12.1 Å². The number of hydrogen-bond acceptors (Lipinski definition) is 4. The SMILES string of the molecule is C[C@H](Oc1ccc(-c2cc(C(F)(F)F)cnc2N(C)C)cc1)C(=O)O. The first kappa shape index (κ1) is 18.6. The van der Waals surface area contributed by atoms with E-state index in [2.05, 4.69) is 4.98 Å². The number of anilines is 1. The molecular formula is C17H17F3N2O3. The van der Waals surface area contributed by atoms with E-state index in [1.807, 2.05) is 0 Å². The number of carbonyl (C=O) groups is 1. The van der Waals surface area contributed by atoms with Gasteiger partial charge in [0, 0.05) is 25.9 Å². The lowest BCUT2D eigenvalue weighted by molar-refractivity contribution is -0.144. The fourth-order valence-corrected chi connectivity index (χ4v) is 2.15. The minimum Gasteiger partial charge on any atom is -0.479 e. The fourth-order valence-electron chi connectivity index (χ4n) is 2.15. The summed E-state index contributed by atoms with van der Waals surface area (Å²) in [6.07, 6.45) is -4.73. The largest absolute Gasteiger partial charge is 0.479 e. The molecule has 0 amide bonds. The average Bonchev–Trinajstić information content (AvgIpc) is 2.54. The van der Waals surface area contributed by atoms with Crippen molar-refractivity contribution in [2.75, 3.05) is 19.0 Å². The highest BCUT2D eigenvalue weighted by Crippen LogP contribution is 2.36. The lowest BCUT2D eigenvalue weighted by atomic mass is 10.0. The predicted octanol–water partition coefficient (Wildman–Crippen LogP) is 3.69. The molecule has 0 radical (unpaired) electrons. The predicted molar refractivity (Wildman–Crippen MR) is 86.7 cm³/mol. The zero-order valence-corrected chi connectivity index (χ0v) is 13.8. The van der Waals surface area contributed by atoms with Crippen molar-refractivity contribution in [1.29, 1.82) is 0 Å². The maximum absolute atomic E-state index is 13.0. The second-order valence-corrected chi connectivity index (χ2v) is 5.61. The molecule has 1 atom stereocenters. The number of alkyl halides is 3. The lowest BCUT2D eigenvalue weighted by Crippen LogP contribution is -2.22. The monoisotopic (exact) mass is 354 g/mol. The summed E-state index contributed by atoms with van der Waals surface area (Å²) in [5.41, 5.74) is -0.0109. The van der Waals surface area contributed by atoms with Crippen LogP contribution in [-0.2, 0) is 11.0 Å². The number of aliphatic carboxylic acids is 1. The molecule has 134 valence electrons. The van der Waals surface area contributed by atoms with Crippen molar-refractivity contribution in [2.24, 2.45) is 0 Å². The molecular weight excluding hydrogens is 337 g/mol. The lowest BCUT2D eigenvalue weighted by Gasteiger charge is -2.18. The third-order valence-corrected chi connectivity index (χ3v) is 3.44. The number of pyridine rings is 1. The maximum atomic E-state index is 13.0. The van der Waals surface area contributed by atoms with Crippen LogP contribution in [0.3, 0.4) is 0 Å². The molecule has 0 spiro atoms. The molecule has 8 heteroatoms. The summed E-state index contributed by atoms with van der Waals surface area (Å²) >= 11 is 0. The molecule has 2 rings (SSSR count). The Balaban J connectivity index is 2.41. The van der Waals surface area contributed by atoms with Gasteiger partial charge in [-0.25, -0.2) is 9.78 Å². The number of aromatic nitrogens is 1. The number of carboxylic acid groups (broad SMARTS) is 1. The van der Waals surface area contributed by atoms with Gasteiger partial charge in [-0.15, -0.1) is 0 Å². The molecule has 0 unspecified atom stereocenters. The highest BCUT2D eigenvalue weighted by atomic mass is 19.4. The van der Waals surface area contributed by atoms with Crippen LogP contribution in [0.4, 0.5) is 19.0 Å². The summed E-state index contributed by atoms with van der Waals surface area (Å²) in [7, 11) is 3.37. The van der Waals surface area contributed by atoms with Crippen LogP contribution in [0.2, 0.25) is 0 Å². The number of ether oxygens (including phenoxy) is 1. The third-order valence-electron chi connectivity index (χ3n) is 3.44. The number of hydrogen-bond donors (Lipinski definition) is 1. The van der Waals surface area contributed by atoms with E-state index in [9.17, 15) is 18.0 Å². The maximum Gasteiger partial charge on any atom is 0.417 e. The van der Waals surface area contributed by atoms with E-state index < -0.39 is 23.8 Å². The van der Waals surface area contributed by atoms with Crippen molar-refractivity contribution in [2.45, 2.75) is 19.2 Å². The van der Waals surface area contributed by atoms with Gasteiger partial charge < -0.3 is 14.7 Å². The van der Waals surface area contributed by atoms with E-state index >= 15 is 0 Å². The summed E-state index contributed by atoms with van der Waals surface area (Å²) in [6, 6.07) is 7.18. The van der Waals surface area contributed by atoms with Crippen molar-refractivity contribution in [3.8, 4) is 16.9 Å². The van der Waals surface area contributed by atoms with Gasteiger partial charge in [0.25, 0.3) is 0 Å². The van der Waals surface area contributed by atoms with Crippen molar-refractivity contribution >= 4 is 11.8 Å². The van der Waals surface area contributed by atoms with Gasteiger partial charge in [0.1, 0.15) is 11.6 Å². The number of rotatable bonds is 5. The summed E-state index contributed by atoms with van der Waals surface area (Å²) in [5.74, 6) is -0.411. The molecule has 0 saturated carbocycles. The molecule has 0 aliphatic rings. The molecule has 1 heterocycles. The standard InChI is InChI=1S/C17H17F3N2O3/c1-10(16(23)24)25-13-6-4-11(5-7-13)14-8-12(17(18,19)20)9-21-15(14)22(2)3/h4-10H,1-3H3,(H,23,24)/t10-/m0/s1. The molecule has 0 aliphatic carbocycles. The molecule has 25 heavy (non-hydrogen) atoms. The van der Waals surface area contributed by atoms with E-state index in [0.29, 0.717) is 22.7 Å². The molecule has 2 aromatic rings. The average molecular weight is 354 g/mol. The summed E-state index contributed by atoms with van der Waals surface area (Å²) < 4.78 is 44.1. The van der Waals surface area contributed by atoms with E-state index in [4.69, 9.17) is 9.84 Å². The van der Waals surface area contributed by atoms with Crippen LogP contribution in [0, 0.1) is 0 Å². The second kappa shape index (κ2) is 7.00. The highest BCUT2D eigenvalue weighted by Gasteiger charge is 2.32. The Bertz CT molecular complexity index is 759. The van der Waals surface area contributed by atoms with Crippen LogP contribution in [0.15, 0.2) is 36.5 Å². The molecule has 0 fully saturated rings. The van der Waals surface area contributed by atoms with Crippen LogP contribution < -0.4 is 9.64 Å². The zero-order valence-electron chi connectivity index (χ0n) is 13.8. The summed E-state index contributed by atoms with van der Waals surface area (Å²) in [6.45, 7) is 1.39. The number of nitrogens with zero attached hydrogens (tertiary/aromatic N) is 2. The topological polar surface area (TPSA) is 62.7 Å². The number of carboxylic acids is 1. The van der Waals surface area contributed by atoms with Gasteiger partial charge in [0.2, 0.25) is 0 Å². The molecule has 5 nitrogen and oxygen atoms in total. The van der Waals surface area contributed by atoms with Crippen LogP contribution in [0.25, 0.3) is 11.1 Å². The van der Waals surface area contributed by atoms with Crippen LogP contribution >= 0.6 is 0 Å². The van der Waals surface area contributed by atoms with Gasteiger partial charge in [-0.3, -0.25) is 0 Å². The first-order valence-electron chi connectivity index (χ1n) is 7.34. The first-order valence-corrected chi connectivity index (χ1v) is 7.34. The highest BCUT2D eigenvalue weighted by molar-refractivity contribution is 5.77. The van der Waals surface area contributed by atoms with Crippen LogP contribution in [-0.4, -0.2) is 36.3 Å². The van der Waals surface area contributed by atoms with E-state index in [1.54, 1.807) is 31.1 Å².